The summed E-state index contributed by atoms with van der Waals surface area (Å²) in [7, 11) is 0. The molecule has 0 aliphatic heterocycles. The van der Waals surface area contributed by atoms with E-state index in [1.807, 2.05) is 53.1 Å². The van der Waals surface area contributed by atoms with E-state index in [4.69, 9.17) is 0 Å². The van der Waals surface area contributed by atoms with E-state index in [0.717, 1.165) is 27.6 Å². The van der Waals surface area contributed by atoms with Gasteiger partial charge < -0.3 is 0 Å². The van der Waals surface area contributed by atoms with E-state index in [2.05, 4.69) is 16.2 Å². The molecule has 3 heterocycles. The molecule has 0 atom stereocenters. The van der Waals surface area contributed by atoms with Crippen LogP contribution in [0.5, 0.6) is 0 Å². The number of fused-ring (bicyclic) bond motifs is 5. The number of aromatic nitrogens is 3. The predicted molar refractivity (Wildman–Crippen MR) is 66.8 cm³/mol. The summed E-state index contributed by atoms with van der Waals surface area (Å²) in [5, 5.41) is 1.07. The third kappa shape index (κ3) is 1.11. The summed E-state index contributed by atoms with van der Waals surface area (Å²) in [6.07, 6.45) is 5.05. The summed E-state index contributed by atoms with van der Waals surface area (Å²) < 4.78 is 2.01. The Morgan fingerprint density at radius 3 is 2.88 bits per heavy atom. The number of pyridine rings is 2. The van der Waals surface area contributed by atoms with Gasteiger partial charge in [-0.05, 0) is 18.2 Å². The summed E-state index contributed by atoms with van der Waals surface area (Å²) in [5.74, 6) is 0. The van der Waals surface area contributed by atoms with Gasteiger partial charge in [-0.3, -0.25) is 4.40 Å². The fraction of sp³-hybridized carbons (Fsp3) is 0. The zero-order valence-electron chi connectivity index (χ0n) is 8.96. The Bertz CT molecular complexity index is 846. The average Bonchev–Trinajstić information content (AvgIpc) is 2.78. The molecule has 0 saturated heterocycles. The fourth-order valence-electron chi connectivity index (χ4n) is 2.18. The summed E-state index contributed by atoms with van der Waals surface area (Å²) >= 11 is 0. The molecule has 0 unspecified atom stereocenters. The Kier molecular flexibility index (Phi) is 1.56. The molecule has 0 N–H and O–H groups in total. The van der Waals surface area contributed by atoms with Crippen molar-refractivity contribution in [3.63, 3.8) is 0 Å². The zero-order valence-corrected chi connectivity index (χ0v) is 8.96. The molecule has 0 spiro atoms. The van der Waals surface area contributed by atoms with Gasteiger partial charge in [0.1, 0.15) is 22.9 Å². The van der Waals surface area contributed by atoms with Crippen molar-refractivity contribution in [1.29, 1.82) is 0 Å². The fourth-order valence-corrected chi connectivity index (χ4v) is 2.18. The first-order valence-electron chi connectivity index (χ1n) is 5.47. The third-order valence-corrected chi connectivity index (χ3v) is 2.97. The minimum Gasteiger partial charge on any atom is -0.298 e. The van der Waals surface area contributed by atoms with Crippen molar-refractivity contribution in [1.82, 2.24) is 14.4 Å². The third-order valence-electron chi connectivity index (χ3n) is 2.97. The SMILES string of the molecule is [c]1nc2ccccc2c2nc3ccccn3c12. The lowest BCUT2D eigenvalue weighted by molar-refractivity contribution is 1.22. The molecular formula is C14H8N3. The quantitative estimate of drug-likeness (QED) is 0.454. The molecule has 0 aliphatic rings. The zero-order chi connectivity index (χ0) is 11.2. The van der Waals surface area contributed by atoms with Crippen LogP contribution >= 0.6 is 0 Å². The Morgan fingerprint density at radius 2 is 1.88 bits per heavy atom. The first-order valence-corrected chi connectivity index (χ1v) is 5.47. The van der Waals surface area contributed by atoms with Crippen LogP contribution in [0.25, 0.3) is 27.6 Å². The lowest BCUT2D eigenvalue weighted by atomic mass is 10.2. The molecule has 4 aromatic rings. The molecular weight excluding hydrogens is 210 g/mol. The van der Waals surface area contributed by atoms with Gasteiger partial charge in [0.05, 0.1) is 5.52 Å². The van der Waals surface area contributed by atoms with Crippen molar-refractivity contribution >= 4 is 27.6 Å². The highest BCUT2D eigenvalue weighted by Crippen LogP contribution is 2.23. The highest BCUT2D eigenvalue weighted by molar-refractivity contribution is 6.02. The number of hydrogen-bond donors (Lipinski definition) is 0. The standard InChI is InChI=1S/C14H8N3/c1-2-6-11-10(5-1)14-12(9-15-11)17-8-4-3-7-13(17)16-14/h1-8H. The maximum atomic E-state index is 4.64. The minimum atomic E-state index is 0.928. The van der Waals surface area contributed by atoms with E-state index in [1.54, 1.807) is 0 Å². The van der Waals surface area contributed by atoms with Crippen LogP contribution in [0.4, 0.5) is 0 Å². The monoisotopic (exact) mass is 218 g/mol. The average molecular weight is 218 g/mol. The normalized spacial score (nSPS) is 11.5. The van der Waals surface area contributed by atoms with Crippen molar-refractivity contribution in [2.24, 2.45) is 0 Å². The van der Waals surface area contributed by atoms with Crippen LogP contribution in [-0.2, 0) is 0 Å². The molecule has 3 aromatic heterocycles. The van der Waals surface area contributed by atoms with Gasteiger partial charge in [0.2, 0.25) is 0 Å². The highest BCUT2D eigenvalue weighted by atomic mass is 15.0. The second-order valence-electron chi connectivity index (χ2n) is 3.98. The van der Waals surface area contributed by atoms with E-state index in [-0.39, 0.29) is 0 Å². The molecule has 79 valence electrons. The second kappa shape index (κ2) is 3.04. The van der Waals surface area contributed by atoms with Gasteiger partial charge in [-0.25, -0.2) is 9.97 Å². The van der Waals surface area contributed by atoms with Gasteiger partial charge in [0.25, 0.3) is 0 Å². The van der Waals surface area contributed by atoms with Crippen LogP contribution in [-0.4, -0.2) is 14.4 Å². The maximum absolute atomic E-state index is 4.64. The van der Waals surface area contributed by atoms with Crippen LogP contribution in [0.1, 0.15) is 0 Å². The van der Waals surface area contributed by atoms with E-state index in [9.17, 15) is 0 Å². The number of para-hydroxylation sites is 1. The molecule has 1 radical (unpaired) electrons. The molecule has 0 fully saturated rings. The molecule has 0 saturated carbocycles. The van der Waals surface area contributed by atoms with Crippen molar-refractivity contribution in [3.05, 3.63) is 54.9 Å². The largest absolute Gasteiger partial charge is 0.298 e. The number of benzene rings is 1. The highest BCUT2D eigenvalue weighted by Gasteiger charge is 2.07. The van der Waals surface area contributed by atoms with Gasteiger partial charge in [-0.2, -0.15) is 0 Å². The Hall–Kier alpha value is -2.42. The molecule has 3 nitrogen and oxygen atoms in total. The predicted octanol–water partition coefficient (Wildman–Crippen LogP) is 2.84. The number of imidazole rings is 1. The maximum Gasteiger partial charge on any atom is 0.137 e. The Labute approximate surface area is 97.4 Å². The van der Waals surface area contributed by atoms with Crippen molar-refractivity contribution in [2.75, 3.05) is 0 Å². The van der Waals surface area contributed by atoms with Crippen molar-refractivity contribution < 1.29 is 0 Å². The summed E-state index contributed by atoms with van der Waals surface area (Å²) in [4.78, 5) is 8.98. The van der Waals surface area contributed by atoms with Crippen LogP contribution in [0.15, 0.2) is 48.7 Å². The lowest BCUT2D eigenvalue weighted by Crippen LogP contribution is -1.84. The molecule has 0 aliphatic carbocycles. The summed E-state index contributed by atoms with van der Waals surface area (Å²) in [5.41, 5.74) is 3.75. The molecule has 17 heavy (non-hydrogen) atoms. The summed E-state index contributed by atoms with van der Waals surface area (Å²) in [6.45, 7) is 0. The number of hydrogen-bond acceptors (Lipinski definition) is 2. The topological polar surface area (TPSA) is 30.2 Å². The molecule has 3 heteroatoms. The smallest absolute Gasteiger partial charge is 0.137 e. The minimum absolute atomic E-state index is 0.928. The van der Waals surface area contributed by atoms with Crippen LogP contribution < -0.4 is 0 Å². The van der Waals surface area contributed by atoms with E-state index in [1.165, 1.54) is 0 Å². The lowest BCUT2D eigenvalue weighted by Gasteiger charge is -1.96. The van der Waals surface area contributed by atoms with E-state index < -0.39 is 0 Å². The van der Waals surface area contributed by atoms with E-state index in [0.29, 0.717) is 0 Å². The number of nitrogens with zero attached hydrogens (tertiary/aromatic N) is 3. The molecule has 1 aromatic carbocycles. The van der Waals surface area contributed by atoms with Crippen LogP contribution in [0.3, 0.4) is 0 Å². The van der Waals surface area contributed by atoms with Crippen LogP contribution in [0, 0.1) is 6.20 Å². The van der Waals surface area contributed by atoms with E-state index >= 15 is 0 Å². The summed E-state index contributed by atoms with van der Waals surface area (Å²) in [6, 6.07) is 14.0. The molecule has 0 bridgehead atoms. The van der Waals surface area contributed by atoms with Crippen molar-refractivity contribution in [3.8, 4) is 0 Å². The van der Waals surface area contributed by atoms with Gasteiger partial charge in [0.15, 0.2) is 0 Å². The molecule has 4 rings (SSSR count). The van der Waals surface area contributed by atoms with Gasteiger partial charge in [-0.15, -0.1) is 0 Å². The van der Waals surface area contributed by atoms with Gasteiger partial charge in [-0.1, -0.05) is 24.3 Å². The Morgan fingerprint density at radius 1 is 1.00 bits per heavy atom. The van der Waals surface area contributed by atoms with Crippen LogP contribution in [0.2, 0.25) is 0 Å². The second-order valence-corrected chi connectivity index (χ2v) is 3.98. The van der Waals surface area contributed by atoms with Gasteiger partial charge in [0, 0.05) is 11.6 Å². The van der Waals surface area contributed by atoms with Crippen molar-refractivity contribution in [2.45, 2.75) is 0 Å². The number of rotatable bonds is 0. The van der Waals surface area contributed by atoms with Gasteiger partial charge >= 0.3 is 0 Å². The first kappa shape index (κ1) is 8.70. The Balaban J connectivity index is 2.34. The molecule has 0 amide bonds. The first-order chi connectivity index (χ1) is 8.43.